The highest BCUT2D eigenvalue weighted by atomic mass is 16.5. The summed E-state index contributed by atoms with van der Waals surface area (Å²) in [5.41, 5.74) is 0. The molecular formula is C34H64O12. The first kappa shape index (κ1) is 45.8. The number of hydrogen-bond acceptors (Lipinski definition) is 12. The van der Waals surface area contributed by atoms with E-state index < -0.39 is 0 Å². The molecule has 0 aromatic carbocycles. The van der Waals surface area contributed by atoms with Gasteiger partial charge in [-0.15, -0.1) is 0 Å². The lowest BCUT2D eigenvalue weighted by Gasteiger charge is -2.05. The van der Waals surface area contributed by atoms with Gasteiger partial charge in [-0.3, -0.25) is 19.2 Å². The van der Waals surface area contributed by atoms with Crippen LogP contribution in [0.4, 0.5) is 0 Å². The average Bonchev–Trinajstić information content (AvgIpc) is 3.05. The summed E-state index contributed by atoms with van der Waals surface area (Å²) in [6.07, 6.45) is 16.3. The van der Waals surface area contributed by atoms with Crippen molar-refractivity contribution in [3.63, 3.8) is 0 Å². The van der Waals surface area contributed by atoms with Gasteiger partial charge in [-0.1, -0.05) is 38.5 Å². The fourth-order valence-corrected chi connectivity index (χ4v) is 4.03. The lowest BCUT2D eigenvalue weighted by atomic mass is 10.1. The molecule has 12 heteroatoms. The third-order valence-electron chi connectivity index (χ3n) is 6.79. The average molecular weight is 665 g/mol. The normalized spacial score (nSPS) is 10.5. The minimum absolute atomic E-state index is 0.126. The van der Waals surface area contributed by atoms with Gasteiger partial charge in [0.1, 0.15) is 0 Å². The van der Waals surface area contributed by atoms with E-state index >= 15 is 0 Å². The number of ether oxygens (including phenoxy) is 4. The number of carbonyl (C=O) groups is 4. The maximum Gasteiger partial charge on any atom is 0.305 e. The van der Waals surface area contributed by atoms with Gasteiger partial charge in [-0.25, -0.2) is 0 Å². The van der Waals surface area contributed by atoms with Crippen LogP contribution in [-0.4, -0.2) is 97.2 Å². The van der Waals surface area contributed by atoms with E-state index in [1.807, 2.05) is 0 Å². The van der Waals surface area contributed by atoms with E-state index in [1.54, 1.807) is 0 Å². The van der Waals surface area contributed by atoms with Crippen molar-refractivity contribution >= 4 is 23.9 Å². The summed E-state index contributed by atoms with van der Waals surface area (Å²) in [6.45, 7) is 2.08. The Balaban J connectivity index is 0. The van der Waals surface area contributed by atoms with Gasteiger partial charge in [0, 0.05) is 52.1 Å². The van der Waals surface area contributed by atoms with Crippen LogP contribution in [0, 0.1) is 0 Å². The highest BCUT2D eigenvalue weighted by Crippen LogP contribution is 2.10. The molecule has 46 heavy (non-hydrogen) atoms. The van der Waals surface area contributed by atoms with Crippen LogP contribution in [0.25, 0.3) is 0 Å². The zero-order valence-corrected chi connectivity index (χ0v) is 28.3. The van der Waals surface area contributed by atoms with E-state index in [1.165, 1.54) is 0 Å². The molecule has 0 aromatic rings. The van der Waals surface area contributed by atoms with E-state index in [0.29, 0.717) is 103 Å². The van der Waals surface area contributed by atoms with Gasteiger partial charge in [-0.2, -0.15) is 0 Å². The van der Waals surface area contributed by atoms with Crippen molar-refractivity contribution in [3.8, 4) is 0 Å². The zero-order valence-electron chi connectivity index (χ0n) is 28.3. The molecule has 4 N–H and O–H groups in total. The Labute approximate surface area is 276 Å². The summed E-state index contributed by atoms with van der Waals surface area (Å²) < 4.78 is 20.1. The molecule has 0 fully saturated rings. The summed E-state index contributed by atoms with van der Waals surface area (Å²) in [4.78, 5) is 45.5. The molecule has 0 aromatic heterocycles. The second-order valence-electron chi connectivity index (χ2n) is 11.1. The minimum atomic E-state index is -0.193. The maximum atomic E-state index is 11.4. The number of esters is 4. The number of aliphatic hydroxyl groups is 4. The summed E-state index contributed by atoms with van der Waals surface area (Å²) in [7, 11) is 0. The van der Waals surface area contributed by atoms with Gasteiger partial charge in [0.25, 0.3) is 0 Å². The van der Waals surface area contributed by atoms with Crippen molar-refractivity contribution in [3.05, 3.63) is 0 Å². The second kappa shape index (κ2) is 38.9. The molecule has 0 aliphatic rings. The van der Waals surface area contributed by atoms with E-state index in [4.69, 9.17) is 39.4 Å². The first-order valence-electron chi connectivity index (χ1n) is 17.5. The third kappa shape index (κ3) is 39.7. The zero-order chi connectivity index (χ0) is 34.4. The van der Waals surface area contributed by atoms with Crippen molar-refractivity contribution in [2.45, 2.75) is 141 Å². The fraction of sp³-hybridized carbons (Fsp3) is 0.882. The number of rotatable bonds is 32. The van der Waals surface area contributed by atoms with Crippen molar-refractivity contribution in [1.29, 1.82) is 0 Å². The Kier molecular flexibility index (Phi) is 38.8. The molecule has 0 aliphatic carbocycles. The molecule has 0 radical (unpaired) electrons. The van der Waals surface area contributed by atoms with Crippen molar-refractivity contribution < 1.29 is 58.6 Å². The summed E-state index contributed by atoms with van der Waals surface area (Å²) in [5, 5.41) is 34.4. The van der Waals surface area contributed by atoms with Crippen molar-refractivity contribution in [2.24, 2.45) is 0 Å². The maximum absolute atomic E-state index is 11.4. The topological polar surface area (TPSA) is 186 Å². The number of hydrogen-bond donors (Lipinski definition) is 4. The monoisotopic (exact) mass is 664 g/mol. The highest BCUT2D eigenvalue weighted by molar-refractivity contribution is 5.70. The molecule has 0 bridgehead atoms. The number of unbranched alkanes of at least 4 members (excludes halogenated alkanes) is 12. The molecule has 0 aliphatic heterocycles. The van der Waals surface area contributed by atoms with Gasteiger partial charge >= 0.3 is 23.9 Å². The van der Waals surface area contributed by atoms with E-state index in [-0.39, 0.29) is 50.3 Å². The summed E-state index contributed by atoms with van der Waals surface area (Å²) in [5.74, 6) is -0.698. The number of carbonyl (C=O) groups excluding carboxylic acids is 4. The minimum Gasteiger partial charge on any atom is -0.466 e. The van der Waals surface area contributed by atoms with Gasteiger partial charge in [0.15, 0.2) is 0 Å². The lowest BCUT2D eigenvalue weighted by Crippen LogP contribution is -2.07. The molecule has 0 unspecified atom stereocenters. The lowest BCUT2D eigenvalue weighted by molar-refractivity contribution is -0.145. The van der Waals surface area contributed by atoms with Crippen molar-refractivity contribution in [2.75, 3.05) is 52.9 Å². The summed E-state index contributed by atoms with van der Waals surface area (Å²) in [6, 6.07) is 0. The molecule has 0 rings (SSSR count). The Hall–Kier alpha value is -2.28. The van der Waals surface area contributed by atoms with E-state index in [2.05, 4.69) is 0 Å². The quantitative estimate of drug-likeness (QED) is 0.0442. The van der Waals surface area contributed by atoms with Crippen LogP contribution in [0.15, 0.2) is 0 Å². The van der Waals surface area contributed by atoms with Crippen LogP contribution >= 0.6 is 0 Å². The molecule has 0 saturated carbocycles. The highest BCUT2D eigenvalue weighted by Gasteiger charge is 2.06. The first-order chi connectivity index (χ1) is 22.4. The SMILES string of the molecule is O=C(CCCCCCC(=O)OCCCCO)OCCCCO.O=C(CCCCCCCCC(=O)OCCCCO)OCCCCO. The van der Waals surface area contributed by atoms with Crippen molar-refractivity contribution in [1.82, 2.24) is 0 Å². The Morgan fingerprint density at radius 1 is 0.283 bits per heavy atom. The third-order valence-corrected chi connectivity index (χ3v) is 6.79. The van der Waals surface area contributed by atoms with Gasteiger partial charge < -0.3 is 39.4 Å². The molecular weight excluding hydrogens is 600 g/mol. The molecule has 0 saturated heterocycles. The predicted octanol–water partition coefficient (Wildman–Crippen LogP) is 4.70. The van der Waals surface area contributed by atoms with Crippen LogP contribution < -0.4 is 0 Å². The van der Waals surface area contributed by atoms with Crippen LogP contribution in [0.5, 0.6) is 0 Å². The molecule has 272 valence electrons. The fourth-order valence-electron chi connectivity index (χ4n) is 4.03. The predicted molar refractivity (Wildman–Crippen MR) is 174 cm³/mol. The molecule has 0 amide bonds. The smallest absolute Gasteiger partial charge is 0.305 e. The second-order valence-corrected chi connectivity index (χ2v) is 11.1. The van der Waals surface area contributed by atoms with Gasteiger partial charge in [0.05, 0.1) is 26.4 Å². The molecule has 0 heterocycles. The van der Waals surface area contributed by atoms with E-state index in [0.717, 1.165) is 64.2 Å². The van der Waals surface area contributed by atoms with Crippen LogP contribution in [0.3, 0.4) is 0 Å². The van der Waals surface area contributed by atoms with Gasteiger partial charge in [-0.05, 0) is 77.0 Å². The van der Waals surface area contributed by atoms with Gasteiger partial charge in [0.2, 0.25) is 0 Å². The largest absolute Gasteiger partial charge is 0.466 e. The Morgan fingerprint density at radius 2 is 0.478 bits per heavy atom. The standard InChI is InChI=1S/C18H34O6.C16H30O6/c19-13-7-9-15-23-17(21)11-5-3-1-2-4-6-12-18(22)24-16-10-8-14-20;17-11-5-7-13-21-15(19)9-3-1-2-4-10-16(20)22-14-8-6-12-18/h19-20H,1-16H2;17-18H,1-14H2. The Bertz CT molecular complexity index is 644. The van der Waals surface area contributed by atoms with E-state index in [9.17, 15) is 19.2 Å². The Morgan fingerprint density at radius 3 is 0.674 bits per heavy atom. The molecule has 12 nitrogen and oxygen atoms in total. The molecule has 0 spiro atoms. The summed E-state index contributed by atoms with van der Waals surface area (Å²) >= 11 is 0. The van der Waals surface area contributed by atoms with Crippen LogP contribution in [0.2, 0.25) is 0 Å². The molecule has 0 atom stereocenters. The number of aliphatic hydroxyl groups excluding tert-OH is 4. The van der Waals surface area contributed by atoms with Crippen LogP contribution in [-0.2, 0) is 38.1 Å². The van der Waals surface area contributed by atoms with Crippen LogP contribution in [0.1, 0.15) is 141 Å². The first-order valence-corrected chi connectivity index (χ1v) is 17.5.